The van der Waals surface area contributed by atoms with Gasteiger partial charge in [-0.05, 0) is 31.3 Å². The van der Waals surface area contributed by atoms with Crippen LogP contribution in [0, 0.1) is 0 Å². The van der Waals surface area contributed by atoms with Crippen molar-refractivity contribution in [1.82, 2.24) is 9.80 Å². The predicted octanol–water partition coefficient (Wildman–Crippen LogP) is 2.52. The minimum Gasteiger partial charge on any atom is -0.354 e. The molecular formula is C15H20ClN3. The highest BCUT2D eigenvalue weighted by Gasteiger charge is 2.18. The summed E-state index contributed by atoms with van der Waals surface area (Å²) in [5.74, 6) is 1.05. The van der Waals surface area contributed by atoms with Gasteiger partial charge in [0.15, 0.2) is 0 Å². The Kier molecular flexibility index (Phi) is 5.00. The highest BCUT2D eigenvalue weighted by molar-refractivity contribution is 6.30. The number of hydrogen-bond acceptors (Lipinski definition) is 2. The van der Waals surface area contributed by atoms with E-state index >= 15 is 0 Å². The lowest BCUT2D eigenvalue weighted by molar-refractivity contribution is 0.215. The van der Waals surface area contributed by atoms with E-state index in [4.69, 9.17) is 11.6 Å². The van der Waals surface area contributed by atoms with Crippen molar-refractivity contribution in [2.24, 2.45) is 4.99 Å². The van der Waals surface area contributed by atoms with Crippen LogP contribution in [0.1, 0.15) is 5.56 Å². The second-order valence-corrected chi connectivity index (χ2v) is 5.19. The predicted molar refractivity (Wildman–Crippen MR) is 82.1 cm³/mol. The zero-order valence-corrected chi connectivity index (χ0v) is 12.1. The van der Waals surface area contributed by atoms with E-state index in [-0.39, 0.29) is 0 Å². The van der Waals surface area contributed by atoms with Crippen LogP contribution in [0.25, 0.3) is 0 Å². The van der Waals surface area contributed by atoms with Crippen molar-refractivity contribution in [3.05, 3.63) is 47.5 Å². The van der Waals surface area contributed by atoms with Crippen LogP contribution in [0.15, 0.2) is 41.9 Å². The molecule has 0 aromatic heterocycles. The number of halogens is 1. The van der Waals surface area contributed by atoms with Gasteiger partial charge in [0.05, 0.1) is 6.54 Å². The fraction of sp³-hybridized carbons (Fsp3) is 0.400. The number of benzene rings is 1. The van der Waals surface area contributed by atoms with Gasteiger partial charge in [-0.15, -0.1) is 6.58 Å². The lowest BCUT2D eigenvalue weighted by Gasteiger charge is -2.34. The van der Waals surface area contributed by atoms with E-state index in [0.29, 0.717) is 6.54 Å². The van der Waals surface area contributed by atoms with Crippen LogP contribution in [0.3, 0.4) is 0 Å². The monoisotopic (exact) mass is 277 g/mol. The van der Waals surface area contributed by atoms with Crippen molar-refractivity contribution in [3.63, 3.8) is 0 Å². The third kappa shape index (κ3) is 3.82. The minimum absolute atomic E-state index is 0.643. The summed E-state index contributed by atoms with van der Waals surface area (Å²) in [5.41, 5.74) is 1.12. The van der Waals surface area contributed by atoms with Gasteiger partial charge in [0.25, 0.3) is 0 Å². The lowest BCUT2D eigenvalue weighted by Crippen LogP contribution is -2.47. The van der Waals surface area contributed by atoms with Crippen molar-refractivity contribution >= 4 is 17.4 Å². The van der Waals surface area contributed by atoms with Gasteiger partial charge < -0.3 is 9.80 Å². The van der Waals surface area contributed by atoms with Crippen molar-refractivity contribution in [1.29, 1.82) is 0 Å². The molecule has 0 saturated carbocycles. The maximum absolute atomic E-state index is 5.95. The van der Waals surface area contributed by atoms with E-state index in [1.807, 2.05) is 30.3 Å². The molecule has 1 aromatic rings. The summed E-state index contributed by atoms with van der Waals surface area (Å²) in [6.45, 7) is 8.54. The van der Waals surface area contributed by atoms with Crippen molar-refractivity contribution in [2.75, 3.05) is 39.8 Å². The summed E-state index contributed by atoms with van der Waals surface area (Å²) in [6.07, 6.45) is 1.83. The standard InChI is InChI=1S/C15H20ClN3/c1-3-8-17-15(13-4-6-14(16)7-5-13)19-11-9-18(2)10-12-19/h3-7H,1,8-12H2,2H3. The lowest BCUT2D eigenvalue weighted by atomic mass is 10.1. The second kappa shape index (κ2) is 6.73. The van der Waals surface area contributed by atoms with Crippen LogP contribution in [-0.2, 0) is 0 Å². The molecule has 0 bridgehead atoms. The van der Waals surface area contributed by atoms with E-state index in [1.54, 1.807) is 0 Å². The number of piperazine rings is 1. The van der Waals surface area contributed by atoms with Crippen LogP contribution < -0.4 is 0 Å². The van der Waals surface area contributed by atoms with Gasteiger partial charge in [0.1, 0.15) is 5.84 Å². The van der Waals surface area contributed by atoms with E-state index in [2.05, 4.69) is 28.4 Å². The summed E-state index contributed by atoms with van der Waals surface area (Å²) in [4.78, 5) is 9.33. The molecule has 3 nitrogen and oxygen atoms in total. The zero-order valence-electron chi connectivity index (χ0n) is 11.3. The van der Waals surface area contributed by atoms with E-state index in [1.165, 1.54) is 0 Å². The van der Waals surface area contributed by atoms with Gasteiger partial charge in [-0.2, -0.15) is 0 Å². The highest BCUT2D eigenvalue weighted by Crippen LogP contribution is 2.14. The molecule has 1 aliphatic heterocycles. The van der Waals surface area contributed by atoms with Gasteiger partial charge >= 0.3 is 0 Å². The van der Waals surface area contributed by atoms with E-state index in [9.17, 15) is 0 Å². The Labute approximate surface area is 120 Å². The molecule has 0 aliphatic carbocycles. The smallest absolute Gasteiger partial charge is 0.131 e. The maximum atomic E-state index is 5.95. The van der Waals surface area contributed by atoms with Crippen LogP contribution in [0.5, 0.6) is 0 Å². The molecule has 1 aromatic carbocycles. The molecule has 1 aliphatic rings. The molecule has 0 N–H and O–H groups in total. The van der Waals surface area contributed by atoms with Crippen molar-refractivity contribution < 1.29 is 0 Å². The van der Waals surface area contributed by atoms with Crippen LogP contribution in [-0.4, -0.2) is 55.4 Å². The normalized spacial score (nSPS) is 17.6. The fourth-order valence-electron chi connectivity index (χ4n) is 2.14. The molecule has 1 heterocycles. The van der Waals surface area contributed by atoms with E-state index < -0.39 is 0 Å². The first-order valence-corrected chi connectivity index (χ1v) is 6.93. The van der Waals surface area contributed by atoms with Crippen LogP contribution >= 0.6 is 11.6 Å². The third-order valence-electron chi connectivity index (χ3n) is 3.28. The molecule has 0 amide bonds. The third-order valence-corrected chi connectivity index (χ3v) is 3.53. The SMILES string of the molecule is C=CCN=C(c1ccc(Cl)cc1)N1CCN(C)CC1. The molecule has 1 saturated heterocycles. The number of rotatable bonds is 3. The quantitative estimate of drug-likeness (QED) is 0.480. The first-order valence-electron chi connectivity index (χ1n) is 6.55. The number of amidine groups is 1. The average Bonchev–Trinajstić information content (AvgIpc) is 2.43. The molecule has 2 rings (SSSR count). The number of nitrogens with zero attached hydrogens (tertiary/aromatic N) is 3. The van der Waals surface area contributed by atoms with Gasteiger partial charge in [-0.3, -0.25) is 4.99 Å². The molecule has 0 radical (unpaired) electrons. The average molecular weight is 278 g/mol. The summed E-state index contributed by atoms with van der Waals surface area (Å²) >= 11 is 5.95. The van der Waals surface area contributed by atoms with E-state index in [0.717, 1.165) is 42.6 Å². The Hall–Kier alpha value is -1.32. The first kappa shape index (κ1) is 14.1. The van der Waals surface area contributed by atoms with Gasteiger partial charge in [0.2, 0.25) is 0 Å². The molecule has 0 atom stereocenters. The van der Waals surface area contributed by atoms with Crippen molar-refractivity contribution in [3.8, 4) is 0 Å². The minimum atomic E-state index is 0.643. The van der Waals surface area contributed by atoms with Crippen LogP contribution in [0.2, 0.25) is 5.02 Å². The molecule has 4 heteroatoms. The number of likely N-dealkylation sites (N-methyl/N-ethyl adjacent to an activating group) is 1. The Morgan fingerprint density at radius 3 is 2.47 bits per heavy atom. The van der Waals surface area contributed by atoms with Crippen LogP contribution in [0.4, 0.5) is 0 Å². The molecule has 1 fully saturated rings. The van der Waals surface area contributed by atoms with Gasteiger partial charge in [0, 0.05) is 36.8 Å². The number of hydrogen-bond donors (Lipinski definition) is 0. The maximum Gasteiger partial charge on any atom is 0.131 e. The molecule has 0 unspecified atom stereocenters. The number of aliphatic imine (C=N–C) groups is 1. The fourth-order valence-corrected chi connectivity index (χ4v) is 2.27. The highest BCUT2D eigenvalue weighted by atomic mass is 35.5. The van der Waals surface area contributed by atoms with Gasteiger partial charge in [-0.25, -0.2) is 0 Å². The molecule has 102 valence electrons. The summed E-state index contributed by atoms with van der Waals surface area (Å²) < 4.78 is 0. The summed E-state index contributed by atoms with van der Waals surface area (Å²) in [5, 5.41) is 0.755. The van der Waals surface area contributed by atoms with Gasteiger partial charge in [-0.1, -0.05) is 17.7 Å². The second-order valence-electron chi connectivity index (χ2n) is 4.75. The first-order chi connectivity index (χ1) is 9.20. The molecular weight excluding hydrogens is 258 g/mol. The zero-order chi connectivity index (χ0) is 13.7. The Morgan fingerprint density at radius 2 is 1.89 bits per heavy atom. The Balaban J connectivity index is 2.20. The Bertz CT molecular complexity index is 445. The molecule has 19 heavy (non-hydrogen) atoms. The summed E-state index contributed by atoms with van der Waals surface area (Å²) in [7, 11) is 2.15. The largest absolute Gasteiger partial charge is 0.354 e. The topological polar surface area (TPSA) is 18.8 Å². The Morgan fingerprint density at radius 1 is 1.26 bits per heavy atom. The molecule has 0 spiro atoms. The van der Waals surface area contributed by atoms with Crippen molar-refractivity contribution in [2.45, 2.75) is 0 Å². The summed E-state index contributed by atoms with van der Waals surface area (Å²) in [6, 6.07) is 7.89.